The predicted octanol–water partition coefficient (Wildman–Crippen LogP) is 3.20. The molecule has 1 N–H and O–H groups in total. The van der Waals surface area contributed by atoms with Crippen molar-refractivity contribution in [3.63, 3.8) is 0 Å². The molecule has 2 amide bonds. The summed E-state index contributed by atoms with van der Waals surface area (Å²) in [5.41, 5.74) is 2.14. The van der Waals surface area contributed by atoms with Crippen LogP contribution in [0.2, 0.25) is 0 Å². The van der Waals surface area contributed by atoms with Crippen LogP contribution in [0.15, 0.2) is 24.4 Å². The molecule has 0 saturated carbocycles. The van der Waals surface area contributed by atoms with E-state index >= 15 is 0 Å². The molecule has 0 saturated heterocycles. The van der Waals surface area contributed by atoms with Gasteiger partial charge in [-0.2, -0.15) is 5.26 Å². The second-order valence-electron chi connectivity index (χ2n) is 7.35. The minimum absolute atomic E-state index is 0.00481. The number of fused-ring (bicyclic) bond motifs is 1. The zero-order chi connectivity index (χ0) is 23.1. The van der Waals surface area contributed by atoms with Crippen LogP contribution in [0.1, 0.15) is 47.9 Å². The third-order valence-corrected chi connectivity index (χ3v) is 6.11. The fourth-order valence-corrected chi connectivity index (χ4v) is 4.63. The van der Waals surface area contributed by atoms with Gasteiger partial charge in [-0.1, -0.05) is 13.0 Å². The third-order valence-electron chi connectivity index (χ3n) is 4.98. The van der Waals surface area contributed by atoms with Gasteiger partial charge in [-0.15, -0.1) is 11.3 Å². The molecule has 3 heterocycles. The summed E-state index contributed by atoms with van der Waals surface area (Å²) >= 11 is 1.30. The quantitative estimate of drug-likeness (QED) is 0.501. The van der Waals surface area contributed by atoms with Crippen LogP contribution in [0.5, 0.6) is 0 Å². The van der Waals surface area contributed by atoms with E-state index in [0.717, 1.165) is 16.1 Å². The highest BCUT2D eigenvalue weighted by molar-refractivity contribution is 7.16. The first-order valence-electron chi connectivity index (χ1n) is 10.2. The molecule has 1 atom stereocenters. The van der Waals surface area contributed by atoms with E-state index in [2.05, 4.69) is 16.4 Å². The number of pyridine rings is 1. The Morgan fingerprint density at radius 2 is 2.09 bits per heavy atom. The molecule has 3 rings (SSSR count). The lowest BCUT2D eigenvalue weighted by Crippen LogP contribution is -2.36. The summed E-state index contributed by atoms with van der Waals surface area (Å²) in [5.74, 6) is -0.691. The van der Waals surface area contributed by atoms with Gasteiger partial charge in [0.15, 0.2) is 0 Å². The first-order valence-corrected chi connectivity index (χ1v) is 11.0. The van der Waals surface area contributed by atoms with E-state index < -0.39 is 12.1 Å². The van der Waals surface area contributed by atoms with Crippen LogP contribution in [0.3, 0.4) is 0 Å². The Balaban J connectivity index is 1.61. The molecule has 1 aliphatic heterocycles. The van der Waals surface area contributed by atoms with Crippen molar-refractivity contribution in [2.45, 2.75) is 39.2 Å². The molecule has 2 aromatic rings. The Kier molecular flexibility index (Phi) is 7.78. The first kappa shape index (κ1) is 23.2. The lowest BCUT2D eigenvalue weighted by atomic mass is 10.0. The summed E-state index contributed by atoms with van der Waals surface area (Å²) in [5, 5.41) is 13.0. The fourth-order valence-electron chi connectivity index (χ4n) is 3.40. The topological polar surface area (TPSA) is 122 Å². The van der Waals surface area contributed by atoms with Gasteiger partial charge in [0.25, 0.3) is 0 Å². The van der Waals surface area contributed by atoms with Gasteiger partial charge in [-0.25, -0.2) is 4.79 Å². The molecule has 32 heavy (non-hydrogen) atoms. The van der Waals surface area contributed by atoms with Crippen molar-refractivity contribution in [1.82, 2.24) is 9.88 Å². The van der Waals surface area contributed by atoms with Gasteiger partial charge >= 0.3 is 12.1 Å². The first-order chi connectivity index (χ1) is 15.4. The maximum Gasteiger partial charge on any atom is 0.410 e. The summed E-state index contributed by atoms with van der Waals surface area (Å²) in [7, 11) is 0. The molecule has 0 aliphatic carbocycles. The summed E-state index contributed by atoms with van der Waals surface area (Å²) in [6, 6.07) is 7.77. The van der Waals surface area contributed by atoms with Gasteiger partial charge in [0.05, 0.1) is 12.1 Å². The van der Waals surface area contributed by atoms with E-state index in [1.807, 2.05) is 25.1 Å². The van der Waals surface area contributed by atoms with E-state index in [0.29, 0.717) is 30.1 Å². The molecule has 0 radical (unpaired) electrons. The van der Waals surface area contributed by atoms with E-state index in [4.69, 9.17) is 9.47 Å². The number of ether oxygens (including phenoxy) is 2. The summed E-state index contributed by atoms with van der Waals surface area (Å²) in [6.07, 6.45) is 1.92. The van der Waals surface area contributed by atoms with Crippen LogP contribution < -0.4 is 5.32 Å². The standard InChI is InChI=1S/C22H24N4O5S/c1-14(18-5-3-4-7-24-18)11-20(28)25-21-17(12-23)16-6-8-26(13-19(16)32-21)22(29)31-10-9-30-15(2)27/h3-5,7,14H,6,8-11,13H2,1-2H3,(H,25,28). The van der Waals surface area contributed by atoms with Crippen molar-refractivity contribution in [1.29, 1.82) is 5.26 Å². The lowest BCUT2D eigenvalue weighted by Gasteiger charge is -2.26. The predicted molar refractivity (Wildman–Crippen MR) is 117 cm³/mol. The Bertz CT molecular complexity index is 1030. The fraction of sp³-hybridized carbons (Fsp3) is 0.409. The number of esters is 1. The summed E-state index contributed by atoms with van der Waals surface area (Å²) < 4.78 is 9.88. The third kappa shape index (κ3) is 5.82. The monoisotopic (exact) mass is 456 g/mol. The highest BCUT2D eigenvalue weighted by atomic mass is 32.1. The lowest BCUT2D eigenvalue weighted by molar-refractivity contribution is -0.142. The zero-order valence-corrected chi connectivity index (χ0v) is 18.7. The minimum atomic E-state index is -0.510. The summed E-state index contributed by atoms with van der Waals surface area (Å²) in [4.78, 5) is 42.3. The molecule has 9 nitrogen and oxygen atoms in total. The minimum Gasteiger partial charge on any atom is -0.462 e. The van der Waals surface area contributed by atoms with Crippen LogP contribution in [-0.4, -0.2) is 47.6 Å². The smallest absolute Gasteiger partial charge is 0.410 e. The number of nitrogens with one attached hydrogen (secondary N) is 1. The number of anilines is 1. The van der Waals surface area contributed by atoms with Crippen molar-refractivity contribution >= 4 is 34.3 Å². The number of amides is 2. The van der Waals surface area contributed by atoms with Crippen LogP contribution >= 0.6 is 11.3 Å². The SMILES string of the molecule is CC(=O)OCCOC(=O)N1CCc2c(sc(NC(=O)CC(C)c3ccccn3)c2C#N)C1. The number of nitriles is 1. The van der Waals surface area contributed by atoms with E-state index in [1.54, 1.807) is 6.20 Å². The second-order valence-corrected chi connectivity index (χ2v) is 8.46. The number of aromatic nitrogens is 1. The molecule has 168 valence electrons. The van der Waals surface area contributed by atoms with Gasteiger partial charge in [-0.05, 0) is 24.1 Å². The number of thiophene rings is 1. The van der Waals surface area contributed by atoms with Gasteiger partial charge in [0.1, 0.15) is 24.3 Å². The van der Waals surface area contributed by atoms with Crippen molar-refractivity contribution in [3.8, 4) is 6.07 Å². The van der Waals surface area contributed by atoms with Crippen LogP contribution in [0.25, 0.3) is 0 Å². The molecule has 0 aromatic carbocycles. The van der Waals surface area contributed by atoms with Crippen LogP contribution in [0.4, 0.5) is 9.80 Å². The van der Waals surface area contributed by atoms with Crippen molar-refractivity contribution in [2.75, 3.05) is 25.1 Å². The Labute approximate surface area is 190 Å². The maximum atomic E-state index is 12.6. The molecule has 0 spiro atoms. The van der Waals surface area contributed by atoms with Gasteiger partial charge in [0, 0.05) is 42.6 Å². The van der Waals surface area contributed by atoms with Crippen molar-refractivity contribution in [2.24, 2.45) is 0 Å². The number of nitrogens with zero attached hydrogens (tertiary/aromatic N) is 3. The van der Waals surface area contributed by atoms with Crippen LogP contribution in [-0.2, 0) is 32.0 Å². The molecule has 1 unspecified atom stereocenters. The molecular weight excluding hydrogens is 432 g/mol. The molecule has 0 bridgehead atoms. The Morgan fingerprint density at radius 1 is 1.31 bits per heavy atom. The van der Waals surface area contributed by atoms with Gasteiger partial charge in [0.2, 0.25) is 5.91 Å². The zero-order valence-electron chi connectivity index (χ0n) is 17.9. The molecule has 2 aromatic heterocycles. The number of hydrogen-bond donors (Lipinski definition) is 1. The number of carbonyl (C=O) groups excluding carboxylic acids is 3. The number of carbonyl (C=O) groups is 3. The largest absolute Gasteiger partial charge is 0.462 e. The van der Waals surface area contributed by atoms with Gasteiger partial charge < -0.3 is 19.7 Å². The van der Waals surface area contributed by atoms with Crippen LogP contribution in [0, 0.1) is 11.3 Å². The molecule has 1 aliphatic rings. The Hall–Kier alpha value is -3.45. The van der Waals surface area contributed by atoms with Crippen molar-refractivity contribution in [3.05, 3.63) is 46.1 Å². The second kappa shape index (κ2) is 10.7. The molecular formula is C22H24N4O5S. The highest BCUT2D eigenvalue weighted by Crippen LogP contribution is 2.37. The molecule has 0 fully saturated rings. The highest BCUT2D eigenvalue weighted by Gasteiger charge is 2.28. The maximum absolute atomic E-state index is 12.6. The van der Waals surface area contributed by atoms with Gasteiger partial charge in [-0.3, -0.25) is 14.6 Å². The summed E-state index contributed by atoms with van der Waals surface area (Å²) in [6.45, 7) is 3.89. The number of hydrogen-bond acceptors (Lipinski definition) is 8. The Morgan fingerprint density at radius 3 is 2.78 bits per heavy atom. The normalized spacial score (nSPS) is 13.5. The van der Waals surface area contributed by atoms with Crippen molar-refractivity contribution < 1.29 is 23.9 Å². The van der Waals surface area contributed by atoms with E-state index in [-0.39, 0.29) is 31.5 Å². The average molecular weight is 457 g/mol. The van der Waals surface area contributed by atoms with E-state index in [9.17, 15) is 19.6 Å². The molecule has 10 heteroatoms. The van der Waals surface area contributed by atoms with E-state index in [1.165, 1.54) is 23.2 Å². The number of rotatable bonds is 7. The average Bonchev–Trinajstić information content (AvgIpc) is 3.12.